The number of guanidine groups is 1. The smallest absolute Gasteiger partial charge is 0.220 e. The molecule has 1 amide bonds. The first-order valence-corrected chi connectivity index (χ1v) is 10.6. The third kappa shape index (κ3) is 6.85. The molecule has 5 N–H and O–H groups in total. The molecule has 1 saturated heterocycles. The Bertz CT molecular complexity index is 934. The molecule has 0 spiro atoms. The second-order valence-corrected chi connectivity index (χ2v) is 8.23. The molecular formula is C21H27Cl2IN6O. The summed E-state index contributed by atoms with van der Waals surface area (Å²) in [6, 6.07) is 9.10. The van der Waals surface area contributed by atoms with Crippen molar-refractivity contribution in [2.75, 3.05) is 18.0 Å². The average Bonchev–Trinajstić information content (AvgIpc) is 2.72. The highest BCUT2D eigenvalue weighted by atomic mass is 127. The van der Waals surface area contributed by atoms with E-state index in [2.05, 4.69) is 20.2 Å². The van der Waals surface area contributed by atoms with Crippen LogP contribution in [0, 0.1) is 5.92 Å². The molecule has 1 unspecified atom stereocenters. The van der Waals surface area contributed by atoms with Crippen LogP contribution in [-0.2, 0) is 11.3 Å². The molecule has 1 aromatic carbocycles. The van der Waals surface area contributed by atoms with E-state index in [-0.39, 0.29) is 41.8 Å². The number of hydrogen-bond donors (Lipinski definition) is 3. The van der Waals surface area contributed by atoms with E-state index in [1.54, 1.807) is 18.3 Å². The van der Waals surface area contributed by atoms with E-state index < -0.39 is 0 Å². The van der Waals surface area contributed by atoms with Crippen LogP contribution in [0.15, 0.2) is 41.5 Å². The van der Waals surface area contributed by atoms with Gasteiger partial charge in [0.25, 0.3) is 0 Å². The number of carbonyl (C=O) groups excluding carboxylic acids is 1. The molecule has 0 radical (unpaired) electrons. The van der Waals surface area contributed by atoms with Gasteiger partial charge in [-0.05, 0) is 43.5 Å². The van der Waals surface area contributed by atoms with Crippen LogP contribution in [0.25, 0.3) is 0 Å². The third-order valence-electron chi connectivity index (χ3n) is 5.28. The summed E-state index contributed by atoms with van der Waals surface area (Å²) >= 11 is 12.2. The molecule has 0 bridgehead atoms. The molecule has 168 valence electrons. The van der Waals surface area contributed by atoms with Crippen molar-refractivity contribution in [2.24, 2.45) is 22.4 Å². The van der Waals surface area contributed by atoms with Gasteiger partial charge in [0, 0.05) is 40.8 Å². The number of carbonyl (C=O) groups is 1. The van der Waals surface area contributed by atoms with Crippen molar-refractivity contribution in [1.29, 1.82) is 0 Å². The molecule has 1 aromatic heterocycles. The van der Waals surface area contributed by atoms with Gasteiger partial charge < -0.3 is 21.7 Å². The van der Waals surface area contributed by atoms with Crippen LogP contribution < -0.4 is 21.7 Å². The normalized spacial score (nSPS) is 15.8. The maximum absolute atomic E-state index is 11.4. The van der Waals surface area contributed by atoms with Crippen molar-refractivity contribution in [3.8, 4) is 0 Å². The number of halogens is 3. The van der Waals surface area contributed by atoms with Crippen LogP contribution in [0.5, 0.6) is 0 Å². The lowest BCUT2D eigenvalue weighted by Gasteiger charge is -2.32. The molecule has 1 aliphatic rings. The number of rotatable bonds is 6. The third-order valence-corrected chi connectivity index (χ3v) is 5.84. The molecule has 1 atom stereocenters. The lowest BCUT2D eigenvalue weighted by molar-refractivity contribution is -0.122. The molecular weight excluding hydrogens is 550 g/mol. The van der Waals surface area contributed by atoms with Gasteiger partial charge in [0.05, 0.1) is 12.6 Å². The summed E-state index contributed by atoms with van der Waals surface area (Å²) in [6.07, 6.45) is 3.23. The van der Waals surface area contributed by atoms with Crippen molar-refractivity contribution in [1.82, 2.24) is 10.3 Å². The summed E-state index contributed by atoms with van der Waals surface area (Å²) in [5.74, 6) is 0.892. The Balaban J connectivity index is 0.00000341. The van der Waals surface area contributed by atoms with Gasteiger partial charge in [0.15, 0.2) is 5.96 Å². The number of aliphatic imine (C=N–C) groups is 1. The molecule has 2 heterocycles. The maximum Gasteiger partial charge on any atom is 0.220 e. The first kappa shape index (κ1) is 25.5. The quantitative estimate of drug-likeness (QED) is 0.275. The van der Waals surface area contributed by atoms with Gasteiger partial charge in [-0.2, -0.15) is 0 Å². The number of primary amides is 1. The molecule has 7 nitrogen and oxygen atoms in total. The molecule has 1 fully saturated rings. The van der Waals surface area contributed by atoms with Crippen molar-refractivity contribution in [3.63, 3.8) is 0 Å². The fraction of sp³-hybridized carbons (Fsp3) is 0.381. The van der Waals surface area contributed by atoms with E-state index >= 15 is 0 Å². The predicted molar refractivity (Wildman–Crippen MR) is 137 cm³/mol. The van der Waals surface area contributed by atoms with Gasteiger partial charge in [-0.3, -0.25) is 4.79 Å². The summed E-state index contributed by atoms with van der Waals surface area (Å²) in [5, 5.41) is 4.32. The fourth-order valence-electron chi connectivity index (χ4n) is 3.58. The van der Waals surface area contributed by atoms with Crippen molar-refractivity contribution < 1.29 is 4.79 Å². The summed E-state index contributed by atoms with van der Waals surface area (Å²) in [6.45, 7) is 3.82. The molecule has 10 heteroatoms. The van der Waals surface area contributed by atoms with Crippen LogP contribution in [0.2, 0.25) is 10.0 Å². The summed E-state index contributed by atoms with van der Waals surface area (Å²) in [4.78, 5) is 22.6. The van der Waals surface area contributed by atoms with E-state index in [9.17, 15) is 4.79 Å². The SMILES string of the molecule is CC(NC(N)=NCc1cccnc1N1CCC(C(N)=O)CC1)c1ccc(Cl)cc1Cl.I. The minimum absolute atomic E-state index is 0. The highest BCUT2D eigenvalue weighted by molar-refractivity contribution is 14.0. The van der Waals surface area contributed by atoms with Crippen LogP contribution in [0.1, 0.15) is 36.9 Å². The van der Waals surface area contributed by atoms with E-state index in [1.807, 2.05) is 25.1 Å². The van der Waals surface area contributed by atoms with Crippen molar-refractivity contribution in [2.45, 2.75) is 32.4 Å². The largest absolute Gasteiger partial charge is 0.370 e. The molecule has 3 rings (SSSR count). The molecule has 31 heavy (non-hydrogen) atoms. The minimum Gasteiger partial charge on any atom is -0.370 e. The van der Waals surface area contributed by atoms with Gasteiger partial charge in [0.1, 0.15) is 5.82 Å². The number of aromatic nitrogens is 1. The first-order chi connectivity index (χ1) is 14.3. The molecule has 0 aliphatic carbocycles. The summed E-state index contributed by atoms with van der Waals surface area (Å²) in [7, 11) is 0. The van der Waals surface area contributed by atoms with Gasteiger partial charge in [-0.15, -0.1) is 24.0 Å². The highest BCUT2D eigenvalue weighted by Gasteiger charge is 2.24. The van der Waals surface area contributed by atoms with Crippen molar-refractivity contribution in [3.05, 3.63) is 57.7 Å². The van der Waals surface area contributed by atoms with Crippen molar-refractivity contribution >= 4 is 64.9 Å². The Morgan fingerprint density at radius 2 is 2.00 bits per heavy atom. The minimum atomic E-state index is -0.228. The topological polar surface area (TPSA) is 110 Å². The Kier molecular flexibility index (Phi) is 9.64. The van der Waals surface area contributed by atoms with E-state index in [1.165, 1.54) is 0 Å². The number of nitrogens with two attached hydrogens (primary N) is 2. The maximum atomic E-state index is 11.4. The van der Waals surface area contributed by atoms with Crippen LogP contribution in [0.4, 0.5) is 5.82 Å². The lowest BCUT2D eigenvalue weighted by atomic mass is 9.96. The Hall–Kier alpha value is -1.78. The second-order valence-electron chi connectivity index (χ2n) is 7.38. The van der Waals surface area contributed by atoms with Gasteiger partial charge in [-0.1, -0.05) is 35.3 Å². The number of hydrogen-bond acceptors (Lipinski definition) is 4. The van der Waals surface area contributed by atoms with E-state index in [0.717, 1.165) is 42.9 Å². The summed E-state index contributed by atoms with van der Waals surface area (Å²) < 4.78 is 0. The highest BCUT2D eigenvalue weighted by Crippen LogP contribution is 2.27. The number of pyridine rings is 1. The van der Waals surface area contributed by atoms with Gasteiger partial charge in [0.2, 0.25) is 5.91 Å². The predicted octanol–water partition coefficient (Wildman–Crippen LogP) is 3.87. The monoisotopic (exact) mass is 576 g/mol. The lowest BCUT2D eigenvalue weighted by Crippen LogP contribution is -2.39. The van der Waals surface area contributed by atoms with Crippen LogP contribution in [-0.4, -0.2) is 29.9 Å². The second kappa shape index (κ2) is 11.7. The number of nitrogens with one attached hydrogen (secondary N) is 1. The van der Waals surface area contributed by atoms with E-state index in [4.69, 9.17) is 34.7 Å². The standard InChI is InChI=1S/C21H26Cl2N6O.HI/c1-13(17-5-4-16(22)11-18(17)23)28-21(25)27-12-15-3-2-8-26-20(15)29-9-6-14(7-10-29)19(24)30;/h2-5,8,11,13-14H,6-7,9-10,12H2,1H3,(H2,24,30)(H3,25,27,28);1H. The average molecular weight is 577 g/mol. The Labute approximate surface area is 209 Å². The fourth-order valence-corrected chi connectivity index (χ4v) is 4.15. The number of anilines is 1. The number of nitrogens with zero attached hydrogens (tertiary/aromatic N) is 3. The van der Waals surface area contributed by atoms with E-state index in [0.29, 0.717) is 22.5 Å². The van der Waals surface area contributed by atoms with Gasteiger partial charge >= 0.3 is 0 Å². The van der Waals surface area contributed by atoms with Crippen LogP contribution in [0.3, 0.4) is 0 Å². The zero-order valence-electron chi connectivity index (χ0n) is 17.2. The zero-order valence-corrected chi connectivity index (χ0v) is 21.1. The number of piperidine rings is 1. The Morgan fingerprint density at radius 3 is 2.65 bits per heavy atom. The van der Waals surface area contributed by atoms with Gasteiger partial charge in [-0.25, -0.2) is 9.98 Å². The summed E-state index contributed by atoms with van der Waals surface area (Å²) in [5.41, 5.74) is 13.4. The zero-order chi connectivity index (χ0) is 21.7. The van der Waals surface area contributed by atoms with Crippen LogP contribution >= 0.6 is 47.2 Å². The Morgan fingerprint density at radius 1 is 1.29 bits per heavy atom. The molecule has 1 aliphatic heterocycles. The number of benzene rings is 1. The molecule has 2 aromatic rings. The number of amides is 1. The molecule has 0 saturated carbocycles. The first-order valence-electron chi connectivity index (χ1n) is 9.84.